The number of hydrogen-bond donors (Lipinski definition) is 0. The number of imide groups is 1. The molecule has 1 fully saturated rings. The Kier molecular flexibility index (Phi) is 7.82. The number of carbonyl (C=O) groups excluding carboxylic acids is 2. The van der Waals surface area contributed by atoms with Gasteiger partial charge in [-0.1, -0.05) is 29.8 Å². The van der Waals surface area contributed by atoms with Gasteiger partial charge in [-0.2, -0.15) is 0 Å². The van der Waals surface area contributed by atoms with Crippen LogP contribution in [0.2, 0.25) is 5.02 Å². The largest absolute Gasteiger partial charge is 0.490 e. The fourth-order valence-electron chi connectivity index (χ4n) is 3.25. The van der Waals surface area contributed by atoms with Crippen LogP contribution in [0.15, 0.2) is 54.0 Å². The molecule has 0 aliphatic carbocycles. The minimum atomic E-state index is -0.327. The summed E-state index contributed by atoms with van der Waals surface area (Å²) in [6.45, 7) is 8.79. The van der Waals surface area contributed by atoms with Crippen LogP contribution in [-0.4, -0.2) is 29.3 Å². The average molecular weight is 458 g/mol. The molecule has 31 heavy (non-hydrogen) atoms. The van der Waals surface area contributed by atoms with Gasteiger partial charge >= 0.3 is 0 Å². The van der Waals surface area contributed by atoms with Gasteiger partial charge in [-0.3, -0.25) is 14.5 Å². The first-order valence-electron chi connectivity index (χ1n) is 10.00. The maximum atomic E-state index is 12.9. The molecule has 7 heteroatoms. The zero-order valence-electron chi connectivity index (χ0n) is 17.5. The first-order chi connectivity index (χ1) is 15.0. The molecule has 162 valence electrons. The van der Waals surface area contributed by atoms with Crippen LogP contribution in [0.25, 0.3) is 6.08 Å². The molecule has 0 N–H and O–H groups in total. The molecule has 2 aromatic carbocycles. The van der Waals surface area contributed by atoms with E-state index in [2.05, 4.69) is 6.58 Å². The van der Waals surface area contributed by atoms with Crippen molar-refractivity contribution in [3.63, 3.8) is 0 Å². The molecular weight excluding hydrogens is 434 g/mol. The molecule has 1 heterocycles. The van der Waals surface area contributed by atoms with Crippen LogP contribution in [0, 0.1) is 0 Å². The van der Waals surface area contributed by atoms with Crippen LogP contribution in [0.4, 0.5) is 4.79 Å². The molecule has 0 spiro atoms. The Balaban J connectivity index is 1.92. The van der Waals surface area contributed by atoms with Crippen molar-refractivity contribution < 1.29 is 19.1 Å². The molecule has 1 aliphatic rings. The Morgan fingerprint density at radius 1 is 1.13 bits per heavy atom. The fourth-order valence-corrected chi connectivity index (χ4v) is 4.30. The highest BCUT2D eigenvalue weighted by Gasteiger charge is 2.35. The number of allylic oxidation sites excluding steroid dienone is 1. The smallest absolute Gasteiger partial charge is 0.293 e. The van der Waals surface area contributed by atoms with Crippen LogP contribution < -0.4 is 9.47 Å². The molecule has 1 aliphatic heterocycles. The van der Waals surface area contributed by atoms with E-state index in [-0.39, 0.29) is 17.7 Å². The van der Waals surface area contributed by atoms with Crippen molar-refractivity contribution >= 4 is 40.6 Å². The Bertz CT molecular complexity index is 1030. The predicted molar refractivity (Wildman–Crippen MR) is 126 cm³/mol. The van der Waals surface area contributed by atoms with Gasteiger partial charge < -0.3 is 9.47 Å². The summed E-state index contributed by atoms with van der Waals surface area (Å²) in [7, 11) is 0. The van der Waals surface area contributed by atoms with Gasteiger partial charge in [0.25, 0.3) is 11.1 Å². The number of rotatable bonds is 9. The lowest BCUT2D eigenvalue weighted by Gasteiger charge is -2.16. The first kappa shape index (κ1) is 23.0. The fraction of sp³-hybridized carbons (Fsp3) is 0.250. The van der Waals surface area contributed by atoms with Crippen LogP contribution in [0.1, 0.15) is 30.5 Å². The van der Waals surface area contributed by atoms with E-state index in [0.717, 1.165) is 28.5 Å². The maximum Gasteiger partial charge on any atom is 0.293 e. The van der Waals surface area contributed by atoms with E-state index in [9.17, 15) is 9.59 Å². The summed E-state index contributed by atoms with van der Waals surface area (Å²) < 4.78 is 11.6. The standard InChI is InChI=1S/C24H24ClNO4S/c1-4-8-18-11-17(13-20(29-5-2)22(18)30-6-3)14-21-23(27)26(24(28)31-21)15-16-9-7-10-19(25)12-16/h4,7,9-14H,1,5-6,8,15H2,2-3H3/b21-14-. The molecule has 5 nitrogen and oxygen atoms in total. The van der Waals surface area contributed by atoms with E-state index in [4.69, 9.17) is 21.1 Å². The number of ether oxygens (including phenoxy) is 2. The second kappa shape index (κ2) is 10.6. The van der Waals surface area contributed by atoms with Gasteiger partial charge in [-0.05, 0) is 73.5 Å². The second-order valence-corrected chi connectivity index (χ2v) is 8.19. The normalized spacial score (nSPS) is 14.9. The molecule has 0 saturated carbocycles. The lowest BCUT2D eigenvalue weighted by molar-refractivity contribution is -0.123. The summed E-state index contributed by atoms with van der Waals surface area (Å²) in [5.74, 6) is 0.954. The SMILES string of the molecule is C=CCc1cc(/C=C2\SC(=O)N(Cc3cccc(Cl)c3)C2=O)cc(OCC)c1OCC. The van der Waals surface area contributed by atoms with Crippen LogP contribution in [0.3, 0.4) is 0 Å². The zero-order chi connectivity index (χ0) is 22.4. The Labute approximate surface area is 191 Å². The minimum absolute atomic E-state index is 0.178. The van der Waals surface area contributed by atoms with Crippen molar-refractivity contribution in [2.24, 2.45) is 0 Å². The summed E-state index contributed by atoms with van der Waals surface area (Å²) in [6.07, 6.45) is 4.09. The maximum absolute atomic E-state index is 12.9. The highest BCUT2D eigenvalue weighted by Crippen LogP contribution is 2.37. The van der Waals surface area contributed by atoms with Crippen molar-refractivity contribution in [3.8, 4) is 11.5 Å². The molecule has 2 aromatic rings. The number of nitrogens with zero attached hydrogens (tertiary/aromatic N) is 1. The number of benzene rings is 2. The number of carbonyl (C=O) groups is 2. The van der Waals surface area contributed by atoms with Crippen molar-refractivity contribution in [1.82, 2.24) is 4.90 Å². The Morgan fingerprint density at radius 3 is 2.58 bits per heavy atom. The van der Waals surface area contributed by atoms with E-state index < -0.39 is 0 Å². The van der Waals surface area contributed by atoms with Gasteiger partial charge in [-0.25, -0.2) is 0 Å². The summed E-state index contributed by atoms with van der Waals surface area (Å²) in [5.41, 5.74) is 2.47. The molecule has 0 unspecified atom stereocenters. The molecule has 1 saturated heterocycles. The van der Waals surface area contributed by atoms with Gasteiger partial charge in [-0.15, -0.1) is 6.58 Å². The van der Waals surface area contributed by atoms with E-state index in [1.54, 1.807) is 30.4 Å². The van der Waals surface area contributed by atoms with Crippen molar-refractivity contribution in [2.75, 3.05) is 13.2 Å². The van der Waals surface area contributed by atoms with E-state index >= 15 is 0 Å². The van der Waals surface area contributed by atoms with Gasteiger partial charge in [0.15, 0.2) is 11.5 Å². The van der Waals surface area contributed by atoms with Gasteiger partial charge in [0.2, 0.25) is 0 Å². The van der Waals surface area contributed by atoms with Gasteiger partial charge in [0.1, 0.15) is 0 Å². The Hall–Kier alpha value is -2.70. The van der Waals surface area contributed by atoms with E-state index in [0.29, 0.717) is 41.1 Å². The van der Waals surface area contributed by atoms with Crippen LogP contribution in [0.5, 0.6) is 11.5 Å². The molecule has 2 amide bonds. The quantitative estimate of drug-likeness (QED) is 0.336. The number of thioether (sulfide) groups is 1. The number of halogens is 1. The number of amides is 2. The third-order valence-electron chi connectivity index (χ3n) is 4.51. The highest BCUT2D eigenvalue weighted by molar-refractivity contribution is 8.18. The highest BCUT2D eigenvalue weighted by atomic mass is 35.5. The molecule has 0 aromatic heterocycles. The minimum Gasteiger partial charge on any atom is -0.490 e. The summed E-state index contributed by atoms with van der Waals surface area (Å²) in [5, 5.41) is 0.256. The van der Waals surface area contributed by atoms with E-state index in [1.165, 1.54) is 4.90 Å². The molecule has 0 atom stereocenters. The molecular formula is C24H24ClNO4S. The van der Waals surface area contributed by atoms with Crippen molar-refractivity contribution in [1.29, 1.82) is 0 Å². The average Bonchev–Trinajstić information content (AvgIpc) is 2.98. The monoisotopic (exact) mass is 457 g/mol. The summed E-state index contributed by atoms with van der Waals surface area (Å²) in [6, 6.07) is 10.9. The number of hydrogen-bond acceptors (Lipinski definition) is 5. The second-order valence-electron chi connectivity index (χ2n) is 6.76. The summed E-state index contributed by atoms with van der Waals surface area (Å²) >= 11 is 6.95. The predicted octanol–water partition coefficient (Wildman–Crippen LogP) is 6.10. The lowest BCUT2D eigenvalue weighted by Crippen LogP contribution is -2.27. The van der Waals surface area contributed by atoms with Gasteiger partial charge in [0.05, 0.1) is 24.7 Å². The van der Waals surface area contributed by atoms with Crippen molar-refractivity contribution in [2.45, 2.75) is 26.8 Å². The molecule has 0 radical (unpaired) electrons. The van der Waals surface area contributed by atoms with E-state index in [1.807, 2.05) is 32.0 Å². The lowest BCUT2D eigenvalue weighted by atomic mass is 10.0. The molecule has 3 rings (SSSR count). The third-order valence-corrected chi connectivity index (χ3v) is 5.65. The van der Waals surface area contributed by atoms with Gasteiger partial charge in [0, 0.05) is 10.6 Å². The zero-order valence-corrected chi connectivity index (χ0v) is 19.1. The van der Waals surface area contributed by atoms with Crippen molar-refractivity contribution in [3.05, 3.63) is 75.7 Å². The van der Waals surface area contributed by atoms with Crippen LogP contribution in [-0.2, 0) is 17.8 Å². The topological polar surface area (TPSA) is 55.8 Å². The molecule has 0 bridgehead atoms. The Morgan fingerprint density at radius 2 is 1.90 bits per heavy atom. The first-order valence-corrected chi connectivity index (χ1v) is 11.2. The van der Waals surface area contributed by atoms with Crippen LogP contribution >= 0.6 is 23.4 Å². The third kappa shape index (κ3) is 5.51. The summed E-state index contributed by atoms with van der Waals surface area (Å²) in [4.78, 5) is 27.0.